The van der Waals surface area contributed by atoms with E-state index in [2.05, 4.69) is 27.7 Å². The van der Waals surface area contributed by atoms with Gasteiger partial charge in [0.15, 0.2) is 11.0 Å². The molecule has 1 aliphatic carbocycles. The topological polar surface area (TPSA) is 37.8 Å². The summed E-state index contributed by atoms with van der Waals surface area (Å²) in [5.41, 5.74) is 0. The largest absolute Gasteiger partial charge is 0.365 e. The lowest BCUT2D eigenvalue weighted by molar-refractivity contribution is 0.778. The lowest BCUT2D eigenvalue weighted by Crippen LogP contribution is -2.16. The van der Waals surface area contributed by atoms with Crippen molar-refractivity contribution in [3.63, 3.8) is 0 Å². The van der Waals surface area contributed by atoms with Crippen molar-refractivity contribution >= 4 is 28.2 Å². The van der Waals surface area contributed by atoms with Gasteiger partial charge in [0.2, 0.25) is 0 Å². The van der Waals surface area contributed by atoms with Gasteiger partial charge in [-0.2, -0.15) is 0 Å². The van der Waals surface area contributed by atoms with Gasteiger partial charge in [-0.1, -0.05) is 48.0 Å². The van der Waals surface area contributed by atoms with Crippen LogP contribution in [0, 0.1) is 0 Å². The highest BCUT2D eigenvalue weighted by atomic mass is 35.5. The lowest BCUT2D eigenvalue weighted by Gasteiger charge is -2.14. The first-order valence-corrected chi connectivity index (χ1v) is 6.05. The number of aromatic nitrogens is 2. The molecule has 0 aliphatic heterocycles. The third-order valence-electron chi connectivity index (χ3n) is 2.99. The second-order valence-corrected chi connectivity index (χ2v) is 4.53. The Morgan fingerprint density at radius 3 is 2.53 bits per heavy atom. The molecule has 2 aromatic rings. The van der Waals surface area contributed by atoms with Crippen molar-refractivity contribution in [1.29, 1.82) is 0 Å². The molecule has 4 heteroatoms. The zero-order chi connectivity index (χ0) is 11.7. The summed E-state index contributed by atoms with van der Waals surface area (Å²) in [4.78, 5) is 0. The van der Waals surface area contributed by atoms with Gasteiger partial charge in [-0.05, 0) is 12.8 Å². The summed E-state index contributed by atoms with van der Waals surface area (Å²) in [6, 6.07) is 8.34. The summed E-state index contributed by atoms with van der Waals surface area (Å²) in [7, 11) is 0. The maximum absolute atomic E-state index is 6.03. The van der Waals surface area contributed by atoms with Gasteiger partial charge in [-0.15, -0.1) is 10.2 Å². The standard InChI is InChI=1S/C13H12ClN3/c14-12-10-7-3-4-8-11(10)13(17-16-12)15-9-5-1-2-6-9/h1-4,7-9H,5-6H2,(H,15,17). The van der Waals surface area contributed by atoms with E-state index in [0.29, 0.717) is 11.2 Å². The molecule has 86 valence electrons. The number of hydrogen-bond acceptors (Lipinski definition) is 3. The van der Waals surface area contributed by atoms with Crippen LogP contribution in [0.2, 0.25) is 5.15 Å². The molecule has 0 saturated heterocycles. The number of anilines is 1. The minimum Gasteiger partial charge on any atom is -0.365 e. The lowest BCUT2D eigenvalue weighted by atomic mass is 10.1. The van der Waals surface area contributed by atoms with Crippen molar-refractivity contribution in [2.75, 3.05) is 5.32 Å². The van der Waals surface area contributed by atoms with Crippen molar-refractivity contribution in [3.8, 4) is 0 Å². The first-order valence-electron chi connectivity index (χ1n) is 5.67. The highest BCUT2D eigenvalue weighted by Crippen LogP contribution is 2.27. The Balaban J connectivity index is 2.01. The van der Waals surface area contributed by atoms with E-state index in [0.717, 1.165) is 29.4 Å². The average molecular weight is 246 g/mol. The van der Waals surface area contributed by atoms with Crippen molar-refractivity contribution in [2.24, 2.45) is 0 Å². The van der Waals surface area contributed by atoms with Gasteiger partial charge >= 0.3 is 0 Å². The maximum Gasteiger partial charge on any atom is 0.159 e. The normalized spacial score (nSPS) is 15.6. The van der Waals surface area contributed by atoms with Gasteiger partial charge in [0.1, 0.15) is 0 Å². The number of benzene rings is 1. The summed E-state index contributed by atoms with van der Waals surface area (Å²) >= 11 is 6.03. The molecule has 17 heavy (non-hydrogen) atoms. The monoisotopic (exact) mass is 245 g/mol. The molecule has 0 unspecified atom stereocenters. The highest BCUT2D eigenvalue weighted by molar-refractivity contribution is 6.34. The molecule has 1 aromatic heterocycles. The Bertz CT molecular complexity index is 572. The predicted octanol–water partition coefficient (Wildman–Crippen LogP) is 3.41. The molecule has 0 fully saturated rings. The van der Waals surface area contributed by atoms with Crippen LogP contribution in [0.15, 0.2) is 36.4 Å². The quantitative estimate of drug-likeness (QED) is 0.824. The van der Waals surface area contributed by atoms with Crippen LogP contribution in [0.1, 0.15) is 12.8 Å². The molecule has 0 bridgehead atoms. The predicted molar refractivity (Wildman–Crippen MR) is 70.3 cm³/mol. The molecule has 3 nitrogen and oxygen atoms in total. The minimum atomic E-state index is 0.425. The van der Waals surface area contributed by atoms with Crippen molar-refractivity contribution in [1.82, 2.24) is 10.2 Å². The number of nitrogens with one attached hydrogen (secondary N) is 1. The number of rotatable bonds is 2. The molecule has 0 radical (unpaired) electrons. The zero-order valence-corrected chi connectivity index (χ0v) is 9.98. The van der Waals surface area contributed by atoms with E-state index in [1.165, 1.54) is 0 Å². The number of nitrogens with zero attached hydrogens (tertiary/aromatic N) is 2. The van der Waals surface area contributed by atoms with Crippen molar-refractivity contribution in [3.05, 3.63) is 41.6 Å². The Labute approximate surface area is 105 Å². The Kier molecular flexibility index (Phi) is 2.69. The second kappa shape index (κ2) is 4.34. The average Bonchev–Trinajstić information content (AvgIpc) is 2.86. The SMILES string of the molecule is Clc1nnc(NC2CC=CC2)c2ccccc12. The number of hydrogen-bond donors (Lipinski definition) is 1. The van der Waals surface area contributed by atoms with Crippen LogP contribution in [0.4, 0.5) is 5.82 Å². The molecule has 0 amide bonds. The van der Waals surface area contributed by atoms with E-state index >= 15 is 0 Å². The van der Waals surface area contributed by atoms with Gasteiger partial charge in [0.05, 0.1) is 0 Å². The Morgan fingerprint density at radius 1 is 1.06 bits per heavy atom. The van der Waals surface area contributed by atoms with Crippen LogP contribution in [-0.4, -0.2) is 16.2 Å². The first-order chi connectivity index (χ1) is 8.34. The van der Waals surface area contributed by atoms with Crippen LogP contribution in [0.25, 0.3) is 10.8 Å². The Morgan fingerprint density at radius 2 is 1.76 bits per heavy atom. The third kappa shape index (κ3) is 1.98. The molecule has 0 spiro atoms. The summed E-state index contributed by atoms with van der Waals surface area (Å²) in [5.74, 6) is 0.818. The summed E-state index contributed by atoms with van der Waals surface area (Å²) in [5, 5.41) is 14.0. The molecule has 3 rings (SSSR count). The van der Waals surface area contributed by atoms with Crippen molar-refractivity contribution < 1.29 is 0 Å². The summed E-state index contributed by atoms with van der Waals surface area (Å²) < 4.78 is 0. The van der Waals surface area contributed by atoms with Gasteiger partial charge in [0, 0.05) is 16.8 Å². The van der Waals surface area contributed by atoms with Crippen LogP contribution in [-0.2, 0) is 0 Å². The van der Waals surface area contributed by atoms with Gasteiger partial charge < -0.3 is 5.32 Å². The molecule has 0 saturated carbocycles. The number of fused-ring (bicyclic) bond motifs is 1. The van der Waals surface area contributed by atoms with Crippen LogP contribution in [0.3, 0.4) is 0 Å². The van der Waals surface area contributed by atoms with E-state index < -0.39 is 0 Å². The molecular formula is C13H12ClN3. The van der Waals surface area contributed by atoms with Crippen molar-refractivity contribution in [2.45, 2.75) is 18.9 Å². The Hall–Kier alpha value is -1.61. The molecular weight excluding hydrogens is 234 g/mol. The second-order valence-electron chi connectivity index (χ2n) is 4.17. The molecule has 1 aromatic carbocycles. The highest BCUT2D eigenvalue weighted by Gasteiger charge is 2.13. The van der Waals surface area contributed by atoms with E-state index in [4.69, 9.17) is 11.6 Å². The first kappa shape index (κ1) is 10.5. The van der Waals surface area contributed by atoms with E-state index in [9.17, 15) is 0 Å². The fourth-order valence-electron chi connectivity index (χ4n) is 2.11. The van der Waals surface area contributed by atoms with Gasteiger partial charge in [0.25, 0.3) is 0 Å². The van der Waals surface area contributed by atoms with Gasteiger partial charge in [-0.3, -0.25) is 0 Å². The molecule has 1 N–H and O–H groups in total. The number of halogens is 1. The van der Waals surface area contributed by atoms with E-state index in [1.54, 1.807) is 0 Å². The van der Waals surface area contributed by atoms with Crippen LogP contribution in [0.5, 0.6) is 0 Å². The van der Waals surface area contributed by atoms with Crippen LogP contribution < -0.4 is 5.32 Å². The third-order valence-corrected chi connectivity index (χ3v) is 3.27. The van der Waals surface area contributed by atoms with Gasteiger partial charge in [-0.25, -0.2) is 0 Å². The summed E-state index contributed by atoms with van der Waals surface area (Å²) in [6.07, 6.45) is 6.45. The molecule has 1 heterocycles. The maximum atomic E-state index is 6.03. The van der Waals surface area contributed by atoms with Crippen LogP contribution >= 0.6 is 11.6 Å². The molecule has 1 aliphatic rings. The zero-order valence-electron chi connectivity index (χ0n) is 9.23. The summed E-state index contributed by atoms with van der Waals surface area (Å²) in [6.45, 7) is 0. The fraction of sp³-hybridized carbons (Fsp3) is 0.231. The van der Waals surface area contributed by atoms with E-state index in [1.807, 2.05) is 24.3 Å². The smallest absolute Gasteiger partial charge is 0.159 e. The fourth-order valence-corrected chi connectivity index (χ4v) is 2.31. The molecule has 0 atom stereocenters. The minimum absolute atomic E-state index is 0.425. The van der Waals surface area contributed by atoms with E-state index in [-0.39, 0.29) is 0 Å².